The predicted octanol–water partition coefficient (Wildman–Crippen LogP) is 4.25. The number of ether oxygens (including phenoxy) is 2. The SMILES string of the molecule is Cc1ccc(N(CC(=O)Nc2ccccc2Cl)S(=O)(=O)c2ccc3c(c2)OCCO3)cc1. The molecule has 3 aromatic rings. The van der Waals surface area contributed by atoms with Crippen LogP contribution in [0, 0.1) is 6.92 Å². The van der Waals surface area contributed by atoms with Gasteiger partial charge in [-0.1, -0.05) is 41.4 Å². The van der Waals surface area contributed by atoms with E-state index in [2.05, 4.69) is 5.32 Å². The molecular formula is C23H21ClN2O5S. The van der Waals surface area contributed by atoms with Gasteiger partial charge in [-0.15, -0.1) is 0 Å². The minimum Gasteiger partial charge on any atom is -0.486 e. The second-order valence-corrected chi connectivity index (χ2v) is 9.45. The number of halogens is 1. The largest absolute Gasteiger partial charge is 0.486 e. The molecule has 166 valence electrons. The zero-order chi connectivity index (χ0) is 22.7. The molecular weight excluding hydrogens is 452 g/mol. The van der Waals surface area contributed by atoms with Crippen molar-refractivity contribution >= 4 is 38.9 Å². The maximum absolute atomic E-state index is 13.6. The second-order valence-electron chi connectivity index (χ2n) is 7.18. The lowest BCUT2D eigenvalue weighted by atomic mass is 10.2. The van der Waals surface area contributed by atoms with E-state index in [1.54, 1.807) is 54.6 Å². The van der Waals surface area contributed by atoms with E-state index in [4.69, 9.17) is 21.1 Å². The van der Waals surface area contributed by atoms with Crippen LogP contribution >= 0.6 is 11.6 Å². The van der Waals surface area contributed by atoms with Crippen molar-refractivity contribution in [3.63, 3.8) is 0 Å². The number of nitrogens with one attached hydrogen (secondary N) is 1. The molecule has 9 heteroatoms. The van der Waals surface area contributed by atoms with E-state index in [0.717, 1.165) is 9.87 Å². The predicted molar refractivity (Wildman–Crippen MR) is 123 cm³/mol. The van der Waals surface area contributed by atoms with E-state index >= 15 is 0 Å². The van der Waals surface area contributed by atoms with Gasteiger partial charge in [0.1, 0.15) is 19.8 Å². The Hall–Kier alpha value is -3.23. The molecule has 1 amide bonds. The van der Waals surface area contributed by atoms with Gasteiger partial charge in [0.05, 0.1) is 21.3 Å². The number of anilines is 2. The summed E-state index contributed by atoms with van der Waals surface area (Å²) in [6, 6.07) is 18.1. The molecule has 0 radical (unpaired) electrons. The number of fused-ring (bicyclic) bond motifs is 1. The van der Waals surface area contributed by atoms with Gasteiger partial charge in [0.15, 0.2) is 11.5 Å². The number of hydrogen-bond acceptors (Lipinski definition) is 5. The lowest BCUT2D eigenvalue weighted by Crippen LogP contribution is -2.38. The summed E-state index contributed by atoms with van der Waals surface area (Å²) in [5.41, 5.74) is 1.73. The molecule has 0 bridgehead atoms. The summed E-state index contributed by atoms with van der Waals surface area (Å²) < 4.78 is 39.2. The number of benzene rings is 3. The highest BCUT2D eigenvalue weighted by molar-refractivity contribution is 7.92. The number of amides is 1. The number of nitrogens with zero attached hydrogens (tertiary/aromatic N) is 1. The average Bonchev–Trinajstić information content (AvgIpc) is 2.79. The molecule has 1 aliphatic rings. The summed E-state index contributed by atoms with van der Waals surface area (Å²) in [5, 5.41) is 3.03. The van der Waals surface area contributed by atoms with Gasteiger partial charge in [0.2, 0.25) is 5.91 Å². The summed E-state index contributed by atoms with van der Waals surface area (Å²) in [6.45, 7) is 2.19. The molecule has 1 N–H and O–H groups in total. The van der Waals surface area contributed by atoms with Crippen molar-refractivity contribution in [2.24, 2.45) is 0 Å². The molecule has 0 saturated carbocycles. The summed E-state index contributed by atoms with van der Waals surface area (Å²) >= 11 is 6.12. The Kier molecular flexibility index (Phi) is 6.25. The van der Waals surface area contributed by atoms with E-state index in [1.165, 1.54) is 12.1 Å². The van der Waals surface area contributed by atoms with Crippen LogP contribution in [-0.4, -0.2) is 34.1 Å². The monoisotopic (exact) mass is 472 g/mol. The standard InChI is InChI=1S/C23H21ClN2O5S/c1-16-6-8-17(9-7-16)26(15-23(27)25-20-5-3-2-4-19(20)24)32(28,29)18-10-11-21-22(14-18)31-13-12-30-21/h2-11,14H,12-13,15H2,1H3,(H,25,27). The summed E-state index contributed by atoms with van der Waals surface area (Å²) in [6.07, 6.45) is 0. The lowest BCUT2D eigenvalue weighted by Gasteiger charge is -2.25. The number of carbonyl (C=O) groups is 1. The molecule has 0 aliphatic carbocycles. The topological polar surface area (TPSA) is 84.9 Å². The molecule has 0 spiro atoms. The van der Waals surface area contributed by atoms with E-state index in [9.17, 15) is 13.2 Å². The second kappa shape index (κ2) is 9.10. The molecule has 7 nitrogen and oxygen atoms in total. The minimum atomic E-state index is -4.09. The van der Waals surface area contributed by atoms with Crippen molar-refractivity contribution in [3.05, 3.63) is 77.3 Å². The van der Waals surface area contributed by atoms with Gasteiger partial charge in [0, 0.05) is 6.07 Å². The highest BCUT2D eigenvalue weighted by atomic mass is 35.5. The normalized spacial score (nSPS) is 12.8. The zero-order valence-corrected chi connectivity index (χ0v) is 18.8. The Morgan fingerprint density at radius 2 is 1.69 bits per heavy atom. The summed E-state index contributed by atoms with van der Waals surface area (Å²) in [4.78, 5) is 12.8. The van der Waals surface area contributed by atoms with Gasteiger partial charge in [-0.3, -0.25) is 9.10 Å². The third-order valence-corrected chi connectivity index (χ3v) is 6.96. The first-order valence-corrected chi connectivity index (χ1v) is 11.7. The van der Waals surface area contributed by atoms with Crippen LogP contribution in [-0.2, 0) is 14.8 Å². The fourth-order valence-electron chi connectivity index (χ4n) is 3.22. The smallest absolute Gasteiger partial charge is 0.264 e. The number of hydrogen-bond donors (Lipinski definition) is 1. The average molecular weight is 473 g/mol. The molecule has 4 rings (SSSR count). The first kappa shape index (κ1) is 22.0. The Morgan fingerprint density at radius 1 is 1.00 bits per heavy atom. The Balaban J connectivity index is 1.68. The fourth-order valence-corrected chi connectivity index (χ4v) is 4.84. The molecule has 0 fully saturated rings. The van der Waals surface area contributed by atoms with Crippen molar-refractivity contribution in [1.29, 1.82) is 0 Å². The highest BCUT2D eigenvalue weighted by Crippen LogP contribution is 2.34. The van der Waals surface area contributed by atoms with Crippen molar-refractivity contribution in [2.45, 2.75) is 11.8 Å². The Labute approximate surface area is 191 Å². The maximum Gasteiger partial charge on any atom is 0.264 e. The van der Waals surface area contributed by atoms with Crippen LogP contribution < -0.4 is 19.1 Å². The van der Waals surface area contributed by atoms with Crippen molar-refractivity contribution in [2.75, 3.05) is 29.4 Å². The maximum atomic E-state index is 13.6. The quantitative estimate of drug-likeness (QED) is 0.579. The van der Waals surface area contributed by atoms with Gasteiger partial charge in [0.25, 0.3) is 10.0 Å². The zero-order valence-electron chi connectivity index (χ0n) is 17.2. The molecule has 0 saturated heterocycles. The summed E-state index contributed by atoms with van der Waals surface area (Å²) in [7, 11) is -4.09. The van der Waals surface area contributed by atoms with Crippen LogP contribution in [0.5, 0.6) is 11.5 Å². The van der Waals surface area contributed by atoms with Crippen LogP contribution in [0.1, 0.15) is 5.56 Å². The Morgan fingerprint density at radius 3 is 2.41 bits per heavy atom. The minimum absolute atomic E-state index is 0.00660. The van der Waals surface area contributed by atoms with Gasteiger partial charge >= 0.3 is 0 Å². The van der Waals surface area contributed by atoms with Crippen molar-refractivity contribution in [3.8, 4) is 11.5 Å². The van der Waals surface area contributed by atoms with Crippen LogP contribution in [0.3, 0.4) is 0 Å². The first-order valence-electron chi connectivity index (χ1n) is 9.88. The highest BCUT2D eigenvalue weighted by Gasteiger charge is 2.29. The first-order chi connectivity index (χ1) is 15.3. The number of carbonyl (C=O) groups excluding carboxylic acids is 1. The van der Waals surface area contributed by atoms with E-state index < -0.39 is 22.5 Å². The third kappa shape index (κ3) is 4.66. The van der Waals surface area contributed by atoms with Crippen LogP contribution in [0.4, 0.5) is 11.4 Å². The van der Waals surface area contributed by atoms with Gasteiger partial charge < -0.3 is 14.8 Å². The molecule has 32 heavy (non-hydrogen) atoms. The molecule has 0 aromatic heterocycles. The molecule has 1 aliphatic heterocycles. The van der Waals surface area contributed by atoms with E-state index in [-0.39, 0.29) is 4.90 Å². The van der Waals surface area contributed by atoms with Crippen molar-refractivity contribution < 1.29 is 22.7 Å². The molecule has 0 atom stereocenters. The number of aryl methyl sites for hydroxylation is 1. The Bertz CT molecular complexity index is 1250. The number of sulfonamides is 1. The number of para-hydroxylation sites is 1. The molecule has 1 heterocycles. The van der Waals surface area contributed by atoms with E-state index in [1.807, 2.05) is 6.92 Å². The molecule has 3 aromatic carbocycles. The molecule has 0 unspecified atom stereocenters. The lowest BCUT2D eigenvalue weighted by molar-refractivity contribution is -0.114. The van der Waals surface area contributed by atoms with Crippen LogP contribution in [0.2, 0.25) is 5.02 Å². The third-order valence-electron chi connectivity index (χ3n) is 4.86. The van der Waals surface area contributed by atoms with Crippen LogP contribution in [0.15, 0.2) is 71.6 Å². The van der Waals surface area contributed by atoms with Crippen LogP contribution in [0.25, 0.3) is 0 Å². The number of rotatable bonds is 6. The van der Waals surface area contributed by atoms with Gasteiger partial charge in [-0.25, -0.2) is 8.42 Å². The summed E-state index contributed by atoms with van der Waals surface area (Å²) in [5.74, 6) is 0.301. The van der Waals surface area contributed by atoms with E-state index in [0.29, 0.717) is 41.1 Å². The fraction of sp³-hybridized carbons (Fsp3) is 0.174. The van der Waals surface area contributed by atoms with Crippen molar-refractivity contribution in [1.82, 2.24) is 0 Å². The van der Waals surface area contributed by atoms with Gasteiger partial charge in [-0.05, 0) is 43.3 Å². The van der Waals surface area contributed by atoms with Gasteiger partial charge in [-0.2, -0.15) is 0 Å².